The van der Waals surface area contributed by atoms with E-state index in [0.29, 0.717) is 11.3 Å². The smallest absolute Gasteiger partial charge is 0.125 e. The lowest BCUT2D eigenvalue weighted by molar-refractivity contribution is 1.37. The molecule has 0 atom stereocenters. The molecule has 0 aliphatic carbocycles. The lowest BCUT2D eigenvalue weighted by Crippen LogP contribution is -2.15. The Bertz CT molecular complexity index is 271. The van der Waals surface area contributed by atoms with E-state index >= 15 is 0 Å². The minimum Gasteiger partial charge on any atom is -0.398 e. The summed E-state index contributed by atoms with van der Waals surface area (Å²) in [7, 11) is 0. The van der Waals surface area contributed by atoms with Gasteiger partial charge >= 0.3 is 0 Å². The van der Waals surface area contributed by atoms with E-state index in [4.69, 9.17) is 16.9 Å². The molecule has 0 heterocycles. The minimum absolute atomic E-state index is 0.0283. The van der Waals surface area contributed by atoms with E-state index in [0.717, 1.165) is 5.56 Å². The van der Waals surface area contributed by atoms with E-state index in [1.165, 1.54) is 0 Å². The molecule has 0 aromatic heterocycles. The summed E-state index contributed by atoms with van der Waals surface area (Å²) in [4.78, 5) is 0. The van der Waals surface area contributed by atoms with Gasteiger partial charge in [0.2, 0.25) is 0 Å². The van der Waals surface area contributed by atoms with Gasteiger partial charge in [-0.3, -0.25) is 5.41 Å². The predicted octanol–water partition coefficient (Wildman–Crippen LogP) is 0.861. The van der Waals surface area contributed by atoms with Gasteiger partial charge in [-0.15, -0.1) is 0 Å². The zero-order valence-electron chi connectivity index (χ0n) is 6.39. The first kappa shape index (κ1) is 7.60. The maximum absolute atomic E-state index is 7.21. The van der Waals surface area contributed by atoms with Crippen LogP contribution in [-0.2, 0) is 0 Å². The van der Waals surface area contributed by atoms with Crippen molar-refractivity contribution in [3.8, 4) is 0 Å². The van der Waals surface area contributed by atoms with Crippen LogP contribution in [0.15, 0.2) is 18.2 Å². The SMILES string of the molecule is Cc1cccc(N)c1C(=N)N. The van der Waals surface area contributed by atoms with Gasteiger partial charge in [0.15, 0.2) is 0 Å². The van der Waals surface area contributed by atoms with E-state index in [1.54, 1.807) is 6.07 Å². The lowest BCUT2D eigenvalue weighted by Gasteiger charge is -2.05. The van der Waals surface area contributed by atoms with Gasteiger partial charge in [0.05, 0.1) is 0 Å². The summed E-state index contributed by atoms with van der Waals surface area (Å²) >= 11 is 0. The van der Waals surface area contributed by atoms with Crippen molar-refractivity contribution in [1.29, 1.82) is 5.41 Å². The average molecular weight is 149 g/mol. The molecule has 0 fully saturated rings. The number of amidine groups is 1. The van der Waals surface area contributed by atoms with Crippen molar-refractivity contribution in [1.82, 2.24) is 0 Å². The van der Waals surface area contributed by atoms with Crippen molar-refractivity contribution in [3.05, 3.63) is 29.3 Å². The average Bonchev–Trinajstić information content (AvgIpc) is 1.85. The zero-order chi connectivity index (χ0) is 8.43. The molecule has 0 radical (unpaired) electrons. The highest BCUT2D eigenvalue weighted by Crippen LogP contribution is 2.14. The molecule has 3 heteroatoms. The molecule has 0 aliphatic heterocycles. The van der Waals surface area contributed by atoms with Crippen molar-refractivity contribution >= 4 is 11.5 Å². The topological polar surface area (TPSA) is 75.9 Å². The van der Waals surface area contributed by atoms with E-state index in [1.807, 2.05) is 19.1 Å². The minimum atomic E-state index is 0.0283. The summed E-state index contributed by atoms with van der Waals surface area (Å²) < 4.78 is 0. The van der Waals surface area contributed by atoms with Crippen molar-refractivity contribution < 1.29 is 0 Å². The number of hydrogen-bond acceptors (Lipinski definition) is 2. The third kappa shape index (κ3) is 1.32. The summed E-state index contributed by atoms with van der Waals surface area (Å²) in [6.07, 6.45) is 0. The fraction of sp³-hybridized carbons (Fsp3) is 0.125. The molecule has 1 aromatic carbocycles. The van der Waals surface area contributed by atoms with Gasteiger partial charge in [-0.1, -0.05) is 12.1 Å². The van der Waals surface area contributed by atoms with Crippen LogP contribution in [0.25, 0.3) is 0 Å². The molecule has 0 unspecified atom stereocenters. The van der Waals surface area contributed by atoms with Gasteiger partial charge in [-0.05, 0) is 18.6 Å². The van der Waals surface area contributed by atoms with Crippen LogP contribution in [0.2, 0.25) is 0 Å². The summed E-state index contributed by atoms with van der Waals surface area (Å²) in [5.74, 6) is 0.0283. The molecule has 1 aromatic rings. The number of anilines is 1. The van der Waals surface area contributed by atoms with Crippen LogP contribution >= 0.6 is 0 Å². The fourth-order valence-electron chi connectivity index (χ4n) is 1.06. The second-order valence-corrected chi connectivity index (χ2v) is 2.45. The molecule has 0 aliphatic rings. The third-order valence-corrected chi connectivity index (χ3v) is 1.57. The van der Waals surface area contributed by atoms with E-state index in [2.05, 4.69) is 0 Å². The van der Waals surface area contributed by atoms with Crippen LogP contribution in [0, 0.1) is 12.3 Å². The third-order valence-electron chi connectivity index (χ3n) is 1.57. The summed E-state index contributed by atoms with van der Waals surface area (Å²) in [5.41, 5.74) is 13.1. The monoisotopic (exact) mass is 149 g/mol. The highest BCUT2D eigenvalue weighted by atomic mass is 14.7. The van der Waals surface area contributed by atoms with Crippen molar-refractivity contribution in [2.24, 2.45) is 5.73 Å². The zero-order valence-corrected chi connectivity index (χ0v) is 6.39. The maximum atomic E-state index is 7.21. The highest BCUT2D eigenvalue weighted by Gasteiger charge is 2.03. The van der Waals surface area contributed by atoms with E-state index < -0.39 is 0 Å². The molecule has 0 bridgehead atoms. The van der Waals surface area contributed by atoms with Crippen LogP contribution in [0.3, 0.4) is 0 Å². The van der Waals surface area contributed by atoms with Gasteiger partial charge in [0.25, 0.3) is 0 Å². The molecule has 58 valence electrons. The Morgan fingerprint density at radius 1 is 1.45 bits per heavy atom. The lowest BCUT2D eigenvalue weighted by atomic mass is 10.1. The molecule has 0 saturated heterocycles. The van der Waals surface area contributed by atoms with Gasteiger partial charge in [-0.25, -0.2) is 0 Å². The fourth-order valence-corrected chi connectivity index (χ4v) is 1.06. The van der Waals surface area contributed by atoms with Crippen LogP contribution in [0.1, 0.15) is 11.1 Å². The summed E-state index contributed by atoms with van der Waals surface area (Å²) in [6, 6.07) is 5.47. The van der Waals surface area contributed by atoms with Crippen LogP contribution in [0.4, 0.5) is 5.69 Å². The Kier molecular flexibility index (Phi) is 1.81. The number of hydrogen-bond donors (Lipinski definition) is 3. The van der Waals surface area contributed by atoms with Gasteiger partial charge in [-0.2, -0.15) is 0 Å². The van der Waals surface area contributed by atoms with Crippen LogP contribution < -0.4 is 11.5 Å². The second-order valence-electron chi connectivity index (χ2n) is 2.45. The molecular formula is C8H11N3. The molecule has 11 heavy (non-hydrogen) atoms. The quantitative estimate of drug-likeness (QED) is 0.314. The van der Waals surface area contributed by atoms with Gasteiger partial charge < -0.3 is 11.5 Å². The van der Waals surface area contributed by atoms with E-state index in [-0.39, 0.29) is 5.84 Å². The number of rotatable bonds is 1. The number of nitrogens with two attached hydrogens (primary N) is 2. The largest absolute Gasteiger partial charge is 0.398 e. The molecule has 0 saturated carbocycles. The summed E-state index contributed by atoms with van der Waals surface area (Å²) in [6.45, 7) is 1.88. The second kappa shape index (κ2) is 2.62. The molecule has 0 spiro atoms. The van der Waals surface area contributed by atoms with Gasteiger partial charge in [0, 0.05) is 11.3 Å². The summed E-state index contributed by atoms with van der Waals surface area (Å²) in [5, 5.41) is 7.21. The Balaban J connectivity index is 3.32. The Labute approximate surface area is 65.5 Å². The Morgan fingerprint density at radius 3 is 2.45 bits per heavy atom. The first-order valence-corrected chi connectivity index (χ1v) is 3.32. The number of nitrogens with one attached hydrogen (secondary N) is 1. The normalized spacial score (nSPS) is 9.55. The van der Waals surface area contributed by atoms with Crippen molar-refractivity contribution in [3.63, 3.8) is 0 Å². The van der Waals surface area contributed by atoms with Crippen molar-refractivity contribution in [2.45, 2.75) is 6.92 Å². The van der Waals surface area contributed by atoms with Gasteiger partial charge in [0.1, 0.15) is 5.84 Å². The molecule has 0 amide bonds. The standard InChI is InChI=1S/C8H11N3/c1-5-3-2-4-6(9)7(5)8(10)11/h2-4H,9H2,1H3,(H3,10,11). The highest BCUT2D eigenvalue weighted by molar-refractivity contribution is 6.01. The molecule has 1 rings (SSSR count). The first-order chi connectivity index (χ1) is 5.13. The van der Waals surface area contributed by atoms with E-state index in [9.17, 15) is 0 Å². The van der Waals surface area contributed by atoms with Crippen molar-refractivity contribution in [2.75, 3.05) is 5.73 Å². The number of aryl methyl sites for hydroxylation is 1. The number of nitrogen functional groups attached to an aromatic ring is 2. The molecule has 5 N–H and O–H groups in total. The van der Waals surface area contributed by atoms with Crippen LogP contribution in [0.5, 0.6) is 0 Å². The first-order valence-electron chi connectivity index (χ1n) is 3.32. The Morgan fingerprint density at radius 2 is 2.09 bits per heavy atom. The number of benzene rings is 1. The predicted molar refractivity (Wildman–Crippen MR) is 46.6 cm³/mol. The molecule has 3 nitrogen and oxygen atoms in total. The maximum Gasteiger partial charge on any atom is 0.125 e. The van der Waals surface area contributed by atoms with Crippen LogP contribution in [-0.4, -0.2) is 5.84 Å². The Hall–Kier alpha value is -1.51. The molecular weight excluding hydrogens is 138 g/mol.